The van der Waals surface area contributed by atoms with Crippen LogP contribution in [-0.4, -0.2) is 9.78 Å². The van der Waals surface area contributed by atoms with Crippen LogP contribution in [0.15, 0.2) is 42.5 Å². The number of aromatic nitrogens is 2. The van der Waals surface area contributed by atoms with Crippen molar-refractivity contribution in [1.29, 1.82) is 0 Å². The maximum absolute atomic E-state index is 13.4. The molecular formula is C14H11ClFN3. The molecule has 3 nitrogen and oxygen atoms in total. The summed E-state index contributed by atoms with van der Waals surface area (Å²) in [5, 5.41) is 5.30. The zero-order chi connectivity index (χ0) is 13.4. The molecule has 0 aliphatic rings. The topological polar surface area (TPSA) is 43.8 Å². The Morgan fingerprint density at radius 1 is 1.21 bits per heavy atom. The third-order valence-electron chi connectivity index (χ3n) is 3.00. The normalized spacial score (nSPS) is 11.1. The molecule has 0 radical (unpaired) electrons. The molecule has 2 N–H and O–H groups in total. The molecule has 3 rings (SSSR count). The third-order valence-corrected chi connectivity index (χ3v) is 3.31. The number of nitrogen functional groups attached to an aromatic ring is 1. The second kappa shape index (κ2) is 4.55. The predicted octanol–water partition coefficient (Wildman–Crippen LogP) is 3.46. The molecule has 19 heavy (non-hydrogen) atoms. The quantitative estimate of drug-likeness (QED) is 0.778. The van der Waals surface area contributed by atoms with Gasteiger partial charge in [-0.15, -0.1) is 0 Å². The molecule has 1 aromatic heterocycles. The summed E-state index contributed by atoms with van der Waals surface area (Å²) in [6, 6.07) is 12.4. The maximum Gasteiger partial charge on any atom is 0.153 e. The van der Waals surface area contributed by atoms with E-state index in [1.807, 2.05) is 24.3 Å². The lowest BCUT2D eigenvalue weighted by Gasteiger charge is -2.04. The van der Waals surface area contributed by atoms with Crippen molar-refractivity contribution >= 4 is 28.3 Å². The fourth-order valence-electron chi connectivity index (χ4n) is 2.08. The second-order valence-electron chi connectivity index (χ2n) is 4.31. The summed E-state index contributed by atoms with van der Waals surface area (Å²) in [7, 11) is 0. The second-order valence-corrected chi connectivity index (χ2v) is 4.72. The summed E-state index contributed by atoms with van der Waals surface area (Å²) >= 11 is 5.67. The van der Waals surface area contributed by atoms with Crippen LogP contribution in [0.1, 0.15) is 5.56 Å². The Labute approximate surface area is 114 Å². The molecular weight excluding hydrogens is 265 g/mol. The van der Waals surface area contributed by atoms with Gasteiger partial charge in [0.05, 0.1) is 17.1 Å². The van der Waals surface area contributed by atoms with Crippen molar-refractivity contribution in [3.63, 3.8) is 0 Å². The van der Waals surface area contributed by atoms with Crippen molar-refractivity contribution in [3.05, 3.63) is 58.9 Å². The van der Waals surface area contributed by atoms with E-state index in [4.69, 9.17) is 17.3 Å². The van der Waals surface area contributed by atoms with Gasteiger partial charge in [-0.1, -0.05) is 29.8 Å². The molecule has 5 heteroatoms. The lowest BCUT2D eigenvalue weighted by Crippen LogP contribution is -2.02. The molecule has 2 aromatic carbocycles. The molecule has 3 aromatic rings. The van der Waals surface area contributed by atoms with E-state index in [1.54, 1.807) is 16.8 Å². The van der Waals surface area contributed by atoms with Gasteiger partial charge in [0.1, 0.15) is 5.82 Å². The smallest absolute Gasteiger partial charge is 0.153 e. The molecule has 0 atom stereocenters. The van der Waals surface area contributed by atoms with Gasteiger partial charge < -0.3 is 5.73 Å². The average Bonchev–Trinajstić information content (AvgIpc) is 2.72. The first-order valence-electron chi connectivity index (χ1n) is 5.80. The first-order chi connectivity index (χ1) is 9.15. The first kappa shape index (κ1) is 12.0. The highest BCUT2D eigenvalue weighted by molar-refractivity contribution is 6.30. The zero-order valence-corrected chi connectivity index (χ0v) is 10.7. The summed E-state index contributed by atoms with van der Waals surface area (Å²) in [6.45, 7) is 0.450. The van der Waals surface area contributed by atoms with Gasteiger partial charge in [-0.2, -0.15) is 5.10 Å². The molecule has 0 unspecified atom stereocenters. The Morgan fingerprint density at radius 2 is 2.00 bits per heavy atom. The molecule has 96 valence electrons. The van der Waals surface area contributed by atoms with E-state index in [0.29, 0.717) is 12.4 Å². The lowest BCUT2D eigenvalue weighted by atomic mass is 10.2. The van der Waals surface area contributed by atoms with Crippen LogP contribution in [0.3, 0.4) is 0 Å². The molecule has 0 aliphatic carbocycles. The van der Waals surface area contributed by atoms with E-state index in [0.717, 1.165) is 16.5 Å². The van der Waals surface area contributed by atoms with Gasteiger partial charge in [0.15, 0.2) is 5.82 Å². The van der Waals surface area contributed by atoms with Gasteiger partial charge in [0, 0.05) is 5.39 Å². The van der Waals surface area contributed by atoms with Gasteiger partial charge >= 0.3 is 0 Å². The molecule has 1 heterocycles. The Hall–Kier alpha value is -2.07. The summed E-state index contributed by atoms with van der Waals surface area (Å²) in [5.74, 6) is 0.0497. The van der Waals surface area contributed by atoms with E-state index < -0.39 is 5.82 Å². The van der Waals surface area contributed by atoms with Crippen LogP contribution in [-0.2, 0) is 6.54 Å². The summed E-state index contributed by atoms with van der Waals surface area (Å²) in [6.07, 6.45) is 0. The molecule has 0 aliphatic heterocycles. The van der Waals surface area contributed by atoms with Crippen molar-refractivity contribution in [2.45, 2.75) is 6.54 Å². The highest BCUT2D eigenvalue weighted by atomic mass is 35.5. The zero-order valence-electron chi connectivity index (χ0n) is 9.98. The Bertz CT molecular complexity index is 752. The molecule has 0 saturated heterocycles. The Balaban J connectivity index is 2.03. The van der Waals surface area contributed by atoms with E-state index >= 15 is 0 Å². The number of anilines is 1. The van der Waals surface area contributed by atoms with Gasteiger partial charge in [-0.05, 0) is 29.8 Å². The minimum Gasteiger partial charge on any atom is -0.382 e. The highest BCUT2D eigenvalue weighted by Gasteiger charge is 2.08. The van der Waals surface area contributed by atoms with Crippen LogP contribution < -0.4 is 5.73 Å². The Kier molecular flexibility index (Phi) is 2.87. The number of benzene rings is 2. The number of rotatable bonds is 2. The number of para-hydroxylation sites is 1. The third kappa shape index (κ3) is 2.15. The average molecular weight is 276 g/mol. The molecule has 0 spiro atoms. The van der Waals surface area contributed by atoms with Crippen LogP contribution in [0.5, 0.6) is 0 Å². The van der Waals surface area contributed by atoms with Crippen LogP contribution >= 0.6 is 11.6 Å². The number of hydrogen-bond donors (Lipinski definition) is 1. The predicted molar refractivity (Wildman–Crippen MR) is 74.7 cm³/mol. The summed E-state index contributed by atoms with van der Waals surface area (Å²) < 4.78 is 15.2. The van der Waals surface area contributed by atoms with Crippen molar-refractivity contribution in [2.24, 2.45) is 0 Å². The van der Waals surface area contributed by atoms with Crippen LogP contribution in [0.4, 0.5) is 10.2 Å². The van der Waals surface area contributed by atoms with E-state index in [1.165, 1.54) is 6.07 Å². The van der Waals surface area contributed by atoms with Gasteiger partial charge in [-0.25, -0.2) is 4.39 Å². The first-order valence-corrected chi connectivity index (χ1v) is 6.18. The highest BCUT2D eigenvalue weighted by Crippen LogP contribution is 2.22. The lowest BCUT2D eigenvalue weighted by molar-refractivity contribution is 0.622. The summed E-state index contributed by atoms with van der Waals surface area (Å²) in [4.78, 5) is 0. The molecule has 0 fully saturated rings. The largest absolute Gasteiger partial charge is 0.382 e. The van der Waals surface area contributed by atoms with E-state index in [-0.39, 0.29) is 5.02 Å². The number of nitrogens with two attached hydrogens (primary N) is 1. The van der Waals surface area contributed by atoms with Crippen molar-refractivity contribution in [1.82, 2.24) is 9.78 Å². The van der Waals surface area contributed by atoms with Crippen molar-refractivity contribution in [3.8, 4) is 0 Å². The van der Waals surface area contributed by atoms with E-state index in [2.05, 4.69) is 5.10 Å². The fraction of sp³-hybridized carbons (Fsp3) is 0.0714. The molecule has 0 amide bonds. The maximum atomic E-state index is 13.4. The number of halogens is 2. The van der Waals surface area contributed by atoms with Crippen molar-refractivity contribution in [2.75, 3.05) is 5.73 Å². The Morgan fingerprint density at radius 3 is 2.79 bits per heavy atom. The molecule has 0 saturated carbocycles. The monoisotopic (exact) mass is 275 g/mol. The minimum absolute atomic E-state index is 0.119. The minimum atomic E-state index is -0.427. The molecule has 0 bridgehead atoms. The van der Waals surface area contributed by atoms with Gasteiger partial charge in [-0.3, -0.25) is 4.68 Å². The summed E-state index contributed by atoms with van der Waals surface area (Å²) in [5.41, 5.74) is 7.57. The van der Waals surface area contributed by atoms with Crippen LogP contribution in [0.2, 0.25) is 5.02 Å². The fourth-order valence-corrected chi connectivity index (χ4v) is 2.20. The van der Waals surface area contributed by atoms with Crippen LogP contribution in [0, 0.1) is 5.82 Å². The van der Waals surface area contributed by atoms with Gasteiger partial charge in [0.2, 0.25) is 0 Å². The number of nitrogens with zero attached hydrogens (tertiary/aromatic N) is 2. The number of fused-ring (bicyclic) bond motifs is 1. The van der Waals surface area contributed by atoms with Gasteiger partial charge in [0.25, 0.3) is 0 Å². The SMILES string of the molecule is Nc1nn(Cc2ccc(Cl)c(F)c2)c2ccccc12. The standard InChI is InChI=1S/C14H11ClFN3/c15-11-6-5-9(7-12(11)16)8-19-13-4-2-1-3-10(13)14(17)18-19/h1-7H,8H2,(H2,17,18). The van der Waals surface area contributed by atoms with Crippen molar-refractivity contribution < 1.29 is 4.39 Å². The van der Waals surface area contributed by atoms with E-state index in [9.17, 15) is 4.39 Å². The van der Waals surface area contributed by atoms with Crippen LogP contribution in [0.25, 0.3) is 10.9 Å². The number of hydrogen-bond acceptors (Lipinski definition) is 2.